The highest BCUT2D eigenvalue weighted by molar-refractivity contribution is 7.94. The highest BCUT2D eigenvalue weighted by atomic mass is 32.2. The molecule has 0 spiro atoms. The van der Waals surface area contributed by atoms with Crippen LogP contribution in [-0.2, 0) is 39.7 Å². The monoisotopic (exact) mass is 910 g/mol. The Labute approximate surface area is 346 Å². The smallest absolute Gasteiger partial charge is 0.443 e. The van der Waals surface area contributed by atoms with Crippen molar-refractivity contribution in [3.63, 3.8) is 0 Å². The summed E-state index contributed by atoms with van der Waals surface area (Å²) in [5, 5.41) is 43.9. The first-order valence-corrected chi connectivity index (χ1v) is 21.6. The topological polar surface area (TPSA) is 339 Å². The summed E-state index contributed by atoms with van der Waals surface area (Å²) in [5.74, 6) is -2.93. The zero-order valence-corrected chi connectivity index (χ0v) is 33.3. The van der Waals surface area contributed by atoms with Crippen LogP contribution in [-0.4, -0.2) is 75.3 Å². The lowest BCUT2D eigenvalue weighted by Gasteiger charge is -2.15. The molecule has 2 aromatic heterocycles. The Bertz CT molecular complexity index is 3300. The van der Waals surface area contributed by atoms with Crippen LogP contribution in [0.25, 0.3) is 38.9 Å². The van der Waals surface area contributed by atoms with E-state index in [0.717, 1.165) is 24.3 Å². The van der Waals surface area contributed by atoms with Gasteiger partial charge in [0.2, 0.25) is 5.82 Å². The molecule has 0 aliphatic carbocycles. The number of pyridine rings is 1. The Hall–Kier alpha value is -6.59. The number of hydrogen-bond donors (Lipinski definition) is 7. The van der Waals surface area contributed by atoms with Crippen molar-refractivity contribution < 1.29 is 73.1 Å². The standard InChI is InChI=1S/C35H23N7O15S4/c43-29-23-9-11-25(36-34-37-32(20-5-3-6-21(16-20)59(47,48)49)38-35(39-34)42-14-12-19(13-15-42)33(44)45)31(61(53,54)55)24(23)17-27(58-57-56-46)28(29)41-40-26-10-8-18-4-1-2-7-22(18)30(26)60(50,51)52/h1-17H,(H6-,36,37,38,39,40,43,44,45,46,47,48,49,50,51,52,53,54,55)/p+1. The molecule has 0 unspecified atom stereocenters. The Morgan fingerprint density at radius 1 is 0.738 bits per heavy atom. The molecule has 0 bridgehead atoms. The molecular formula is C35H24N7O15S4+. The maximum absolute atomic E-state index is 13.1. The number of carboxylic acid groups (broad SMARTS) is 1. The van der Waals surface area contributed by atoms with Gasteiger partial charge >= 0.3 is 17.9 Å². The molecule has 0 amide bonds. The molecule has 0 fully saturated rings. The van der Waals surface area contributed by atoms with Crippen LogP contribution in [0.1, 0.15) is 10.4 Å². The molecule has 2 heterocycles. The lowest BCUT2D eigenvalue weighted by Crippen LogP contribution is -2.33. The van der Waals surface area contributed by atoms with Crippen molar-refractivity contribution in [3.8, 4) is 23.1 Å². The zero-order chi connectivity index (χ0) is 43.9. The van der Waals surface area contributed by atoms with Gasteiger partial charge in [0.25, 0.3) is 30.4 Å². The van der Waals surface area contributed by atoms with E-state index in [1.807, 2.05) is 0 Å². The number of aromatic hydroxyl groups is 1. The molecule has 0 radical (unpaired) electrons. The molecule has 0 saturated carbocycles. The SMILES string of the molecule is O=C(O)c1cc[n+](-c2nc(Nc3ccc4c(O)c(N=Nc5ccc6ccccc6c5S(=O)(=O)O)c(SOOO)cc4c3S(=O)(=O)O)nc(-c3cccc(S(=O)(=O)O)c3)n2)cc1. The highest BCUT2D eigenvalue weighted by Crippen LogP contribution is 2.47. The van der Waals surface area contributed by atoms with E-state index in [1.54, 1.807) is 12.1 Å². The molecule has 0 aliphatic heterocycles. The normalized spacial score (nSPS) is 12.3. The number of carbonyl (C=O) groups is 1. The third-order valence-electron chi connectivity index (χ3n) is 8.54. The molecule has 0 atom stereocenters. The Kier molecular flexibility index (Phi) is 11.5. The first-order chi connectivity index (χ1) is 28.8. The second kappa shape index (κ2) is 16.5. The third kappa shape index (κ3) is 8.98. The quantitative estimate of drug-likeness (QED) is 0.0178. The van der Waals surface area contributed by atoms with Gasteiger partial charge in [0.1, 0.15) is 21.2 Å². The predicted molar refractivity (Wildman–Crippen MR) is 211 cm³/mol. The molecule has 0 aliphatic rings. The number of nitrogens with one attached hydrogen (secondary N) is 1. The number of aromatic carboxylic acids is 1. The summed E-state index contributed by atoms with van der Waals surface area (Å²) in [5.41, 5.74) is -1.36. The number of aromatic nitrogens is 4. The molecule has 7 rings (SSSR count). The minimum absolute atomic E-state index is 0.0184. The van der Waals surface area contributed by atoms with E-state index in [0.29, 0.717) is 5.39 Å². The summed E-state index contributed by atoms with van der Waals surface area (Å²) >= 11 is 0.174. The van der Waals surface area contributed by atoms with Crippen LogP contribution in [0.3, 0.4) is 0 Å². The summed E-state index contributed by atoms with van der Waals surface area (Å²) in [6.45, 7) is 0. The minimum Gasteiger partial charge on any atom is -0.505 e. The number of nitrogens with zero attached hydrogens (tertiary/aromatic N) is 6. The molecule has 7 N–H and O–H groups in total. The van der Waals surface area contributed by atoms with E-state index < -0.39 is 79.5 Å². The molecule has 22 nitrogen and oxygen atoms in total. The van der Waals surface area contributed by atoms with Crippen molar-refractivity contribution in [2.24, 2.45) is 10.2 Å². The Morgan fingerprint density at radius 2 is 1.46 bits per heavy atom. The van der Waals surface area contributed by atoms with Gasteiger partial charge in [-0.3, -0.25) is 13.7 Å². The fourth-order valence-corrected chi connectivity index (χ4v) is 8.64. The van der Waals surface area contributed by atoms with Crippen LogP contribution in [0.15, 0.2) is 133 Å². The van der Waals surface area contributed by atoms with Crippen LogP contribution in [0.2, 0.25) is 0 Å². The number of rotatable bonds is 13. The molecule has 26 heteroatoms. The minimum atomic E-state index is -5.28. The van der Waals surface area contributed by atoms with Crippen molar-refractivity contribution in [2.75, 3.05) is 5.32 Å². The van der Waals surface area contributed by atoms with Gasteiger partial charge in [-0.15, -0.1) is 14.6 Å². The first kappa shape index (κ1) is 42.5. The number of anilines is 2. The van der Waals surface area contributed by atoms with Gasteiger partial charge < -0.3 is 15.5 Å². The van der Waals surface area contributed by atoms with E-state index in [4.69, 9.17) is 5.26 Å². The molecular weight excluding hydrogens is 887 g/mol. The van der Waals surface area contributed by atoms with Gasteiger partial charge in [0.05, 0.1) is 45.5 Å². The maximum Gasteiger partial charge on any atom is 0.443 e. The van der Waals surface area contributed by atoms with Crippen molar-refractivity contribution in [2.45, 2.75) is 19.6 Å². The van der Waals surface area contributed by atoms with Crippen LogP contribution < -0.4 is 9.88 Å². The summed E-state index contributed by atoms with van der Waals surface area (Å²) in [7, 11) is -14.9. The average molecular weight is 911 g/mol. The van der Waals surface area contributed by atoms with Gasteiger partial charge in [0.15, 0.2) is 5.75 Å². The number of fused-ring (bicyclic) bond motifs is 2. The van der Waals surface area contributed by atoms with Crippen molar-refractivity contribution in [3.05, 3.63) is 109 Å². The number of azo groups is 1. The van der Waals surface area contributed by atoms with Gasteiger partial charge in [-0.25, -0.2) is 14.6 Å². The fourth-order valence-electron chi connectivity index (χ4n) is 5.95. The van der Waals surface area contributed by atoms with E-state index in [2.05, 4.69) is 39.9 Å². The lowest BCUT2D eigenvalue weighted by molar-refractivity contribution is -0.603. The van der Waals surface area contributed by atoms with Gasteiger partial charge in [0, 0.05) is 21.7 Å². The number of phenolic OH excluding ortho intramolecular Hbond substituents is 1. The summed E-state index contributed by atoms with van der Waals surface area (Å²) in [6, 6.07) is 19.4. The second-order valence-electron chi connectivity index (χ2n) is 12.3. The van der Waals surface area contributed by atoms with Crippen LogP contribution in [0.4, 0.5) is 23.0 Å². The van der Waals surface area contributed by atoms with Crippen molar-refractivity contribution in [1.82, 2.24) is 15.0 Å². The Balaban J connectivity index is 1.40. The van der Waals surface area contributed by atoms with Crippen molar-refractivity contribution in [1.29, 1.82) is 0 Å². The van der Waals surface area contributed by atoms with Crippen LogP contribution >= 0.6 is 12.0 Å². The molecule has 5 aromatic carbocycles. The molecule has 312 valence electrons. The number of phenols is 1. The first-order valence-electron chi connectivity index (χ1n) is 16.6. The highest BCUT2D eigenvalue weighted by Gasteiger charge is 2.28. The number of carboxylic acids is 1. The molecule has 0 saturated heterocycles. The second-order valence-corrected chi connectivity index (χ2v) is 17.2. The lowest BCUT2D eigenvalue weighted by atomic mass is 10.1. The summed E-state index contributed by atoms with van der Waals surface area (Å²) in [6.07, 6.45) is 2.55. The third-order valence-corrected chi connectivity index (χ3v) is 11.9. The van der Waals surface area contributed by atoms with Crippen molar-refractivity contribution >= 4 is 92.9 Å². The van der Waals surface area contributed by atoms with E-state index >= 15 is 0 Å². The molecule has 7 aromatic rings. The fraction of sp³-hybridized carbons (Fsp3) is 0. The number of benzene rings is 5. The van der Waals surface area contributed by atoms with Gasteiger partial charge in [-0.05, 0) is 70.0 Å². The predicted octanol–water partition coefficient (Wildman–Crippen LogP) is 5.85. The molecule has 61 heavy (non-hydrogen) atoms. The number of hydrogen-bond acceptors (Lipinski definition) is 18. The maximum atomic E-state index is 13.1. The van der Waals surface area contributed by atoms with E-state index in [-0.39, 0.29) is 56.3 Å². The summed E-state index contributed by atoms with van der Waals surface area (Å²) in [4.78, 5) is 22.0. The van der Waals surface area contributed by atoms with Crippen LogP contribution in [0.5, 0.6) is 5.75 Å². The van der Waals surface area contributed by atoms with Gasteiger partial charge in [-0.2, -0.15) is 30.2 Å². The van der Waals surface area contributed by atoms with E-state index in [9.17, 15) is 53.9 Å². The zero-order valence-electron chi connectivity index (χ0n) is 30.0. The van der Waals surface area contributed by atoms with Crippen LogP contribution in [0, 0.1) is 0 Å². The largest absolute Gasteiger partial charge is 0.505 e. The van der Waals surface area contributed by atoms with Gasteiger partial charge in [-0.1, -0.05) is 41.4 Å². The Morgan fingerprint density at radius 3 is 2.13 bits per heavy atom. The van der Waals surface area contributed by atoms with E-state index in [1.165, 1.54) is 71.6 Å². The average Bonchev–Trinajstić information content (AvgIpc) is 3.21. The summed E-state index contributed by atoms with van der Waals surface area (Å²) < 4.78 is 111.